The lowest BCUT2D eigenvalue weighted by Gasteiger charge is -2.08. The molecule has 0 aliphatic carbocycles. The van der Waals surface area contributed by atoms with E-state index < -0.39 is 5.97 Å². The molecule has 1 aromatic heterocycles. The van der Waals surface area contributed by atoms with Gasteiger partial charge in [-0.1, -0.05) is 12.1 Å². The van der Waals surface area contributed by atoms with Crippen LogP contribution in [0.25, 0.3) is 23.1 Å². The Morgan fingerprint density at radius 2 is 1.81 bits per heavy atom. The van der Waals surface area contributed by atoms with Crippen molar-refractivity contribution in [2.24, 2.45) is 0 Å². The summed E-state index contributed by atoms with van der Waals surface area (Å²) in [6, 6.07) is 8.69. The number of fused-ring (bicyclic) bond motifs is 1. The van der Waals surface area contributed by atoms with Gasteiger partial charge in [0.1, 0.15) is 11.3 Å². The van der Waals surface area contributed by atoms with Crippen molar-refractivity contribution in [3.05, 3.63) is 47.2 Å². The zero-order valence-electron chi connectivity index (χ0n) is 14.6. The van der Waals surface area contributed by atoms with Crippen LogP contribution in [0.5, 0.6) is 17.2 Å². The van der Waals surface area contributed by atoms with Crippen LogP contribution in [-0.2, 0) is 0 Å². The lowest BCUT2D eigenvalue weighted by atomic mass is 10.1. The maximum Gasteiger partial charge on any atom is 0.339 e. The van der Waals surface area contributed by atoms with Gasteiger partial charge >= 0.3 is 5.97 Å². The molecule has 7 nitrogen and oxygen atoms in total. The van der Waals surface area contributed by atoms with E-state index in [2.05, 4.69) is 10.2 Å². The van der Waals surface area contributed by atoms with Crippen LogP contribution < -0.4 is 14.2 Å². The number of carboxylic acids is 1. The van der Waals surface area contributed by atoms with Gasteiger partial charge in [0.05, 0.1) is 37.9 Å². The normalized spacial score (nSPS) is 11.0. The fourth-order valence-electron chi connectivity index (χ4n) is 2.74. The Balaban J connectivity index is 2.05. The van der Waals surface area contributed by atoms with Crippen molar-refractivity contribution in [3.8, 4) is 17.2 Å². The van der Waals surface area contributed by atoms with Gasteiger partial charge in [-0.3, -0.25) is 5.10 Å². The first kappa shape index (κ1) is 17.3. The zero-order chi connectivity index (χ0) is 18.7. The van der Waals surface area contributed by atoms with Crippen molar-refractivity contribution in [2.45, 2.75) is 0 Å². The SMILES string of the molecule is COc1ccc(C=Cc2n[nH]c3ccc(C(=O)O)c(OC)c23)cc1OC. The smallest absolute Gasteiger partial charge is 0.339 e. The molecule has 0 saturated carbocycles. The minimum Gasteiger partial charge on any atom is -0.495 e. The number of aromatic carboxylic acids is 1. The van der Waals surface area contributed by atoms with Crippen LogP contribution in [0.1, 0.15) is 21.6 Å². The van der Waals surface area contributed by atoms with E-state index in [0.29, 0.717) is 28.1 Å². The number of nitrogens with one attached hydrogen (secondary N) is 1. The number of rotatable bonds is 6. The molecule has 1 heterocycles. The minimum atomic E-state index is -1.06. The summed E-state index contributed by atoms with van der Waals surface area (Å²) in [4.78, 5) is 11.4. The van der Waals surface area contributed by atoms with Gasteiger partial charge in [0.25, 0.3) is 0 Å². The topological polar surface area (TPSA) is 93.7 Å². The van der Waals surface area contributed by atoms with Gasteiger partial charge in [-0.2, -0.15) is 5.10 Å². The predicted molar refractivity (Wildman–Crippen MR) is 98.1 cm³/mol. The Morgan fingerprint density at radius 3 is 2.46 bits per heavy atom. The fraction of sp³-hybridized carbons (Fsp3) is 0.158. The van der Waals surface area contributed by atoms with Gasteiger partial charge in [0.2, 0.25) is 0 Å². The molecule has 0 bridgehead atoms. The molecule has 2 aromatic carbocycles. The lowest BCUT2D eigenvalue weighted by Crippen LogP contribution is -2.00. The maximum atomic E-state index is 11.4. The highest BCUT2D eigenvalue weighted by Crippen LogP contribution is 2.33. The molecule has 0 atom stereocenters. The molecule has 0 aliphatic rings. The van der Waals surface area contributed by atoms with Crippen LogP contribution in [0, 0.1) is 0 Å². The van der Waals surface area contributed by atoms with E-state index in [9.17, 15) is 9.90 Å². The Morgan fingerprint density at radius 1 is 1.04 bits per heavy atom. The highest BCUT2D eigenvalue weighted by Gasteiger charge is 2.18. The van der Waals surface area contributed by atoms with Gasteiger partial charge in [-0.05, 0) is 35.9 Å². The molecule has 134 valence electrons. The molecule has 0 spiro atoms. The summed E-state index contributed by atoms with van der Waals surface area (Å²) in [6.45, 7) is 0. The quantitative estimate of drug-likeness (QED) is 0.704. The van der Waals surface area contributed by atoms with Crippen LogP contribution in [-0.4, -0.2) is 42.6 Å². The van der Waals surface area contributed by atoms with Crippen LogP contribution in [0.2, 0.25) is 0 Å². The summed E-state index contributed by atoms with van der Waals surface area (Å²) < 4.78 is 15.8. The van der Waals surface area contributed by atoms with E-state index in [4.69, 9.17) is 14.2 Å². The number of benzene rings is 2. The van der Waals surface area contributed by atoms with E-state index in [1.54, 1.807) is 26.4 Å². The Hall–Kier alpha value is -3.48. The number of H-pyrrole nitrogens is 1. The number of ether oxygens (including phenoxy) is 3. The van der Waals surface area contributed by atoms with Crippen LogP contribution >= 0.6 is 0 Å². The van der Waals surface area contributed by atoms with Crippen LogP contribution in [0.3, 0.4) is 0 Å². The van der Waals surface area contributed by atoms with Crippen molar-refractivity contribution in [2.75, 3.05) is 21.3 Å². The molecule has 26 heavy (non-hydrogen) atoms. The Labute approximate surface area is 149 Å². The van der Waals surface area contributed by atoms with Gasteiger partial charge in [-0.15, -0.1) is 0 Å². The summed E-state index contributed by atoms with van der Waals surface area (Å²) >= 11 is 0. The highest BCUT2D eigenvalue weighted by molar-refractivity contribution is 6.02. The predicted octanol–water partition coefficient (Wildman–Crippen LogP) is 3.46. The molecule has 0 amide bonds. The average molecular weight is 354 g/mol. The van der Waals surface area contributed by atoms with Crippen LogP contribution in [0.4, 0.5) is 0 Å². The van der Waals surface area contributed by atoms with Crippen molar-refractivity contribution < 1.29 is 24.1 Å². The van der Waals surface area contributed by atoms with E-state index >= 15 is 0 Å². The highest BCUT2D eigenvalue weighted by atomic mass is 16.5. The molecule has 7 heteroatoms. The van der Waals surface area contributed by atoms with Gasteiger partial charge < -0.3 is 19.3 Å². The van der Waals surface area contributed by atoms with Gasteiger partial charge in [0, 0.05) is 0 Å². The largest absolute Gasteiger partial charge is 0.495 e. The van der Waals surface area contributed by atoms with E-state index in [1.807, 2.05) is 24.3 Å². The number of aromatic nitrogens is 2. The second-order valence-electron chi connectivity index (χ2n) is 5.43. The maximum absolute atomic E-state index is 11.4. The lowest BCUT2D eigenvalue weighted by molar-refractivity contribution is 0.0693. The number of nitrogens with zero attached hydrogens (tertiary/aromatic N) is 1. The second-order valence-corrected chi connectivity index (χ2v) is 5.43. The number of aromatic amines is 1. The molecule has 0 aliphatic heterocycles. The third-order valence-electron chi connectivity index (χ3n) is 3.99. The summed E-state index contributed by atoms with van der Waals surface area (Å²) in [7, 11) is 4.59. The number of carboxylic acid groups (broad SMARTS) is 1. The standard InChI is InChI=1S/C19H18N2O5/c1-24-15-9-5-11(10-16(15)25-2)4-7-13-17-14(21-20-13)8-6-12(19(22)23)18(17)26-3/h4-10H,1-3H3,(H,20,21)(H,22,23). The summed E-state index contributed by atoms with van der Waals surface area (Å²) in [6.07, 6.45) is 3.64. The van der Waals surface area contributed by atoms with Crippen molar-refractivity contribution in [1.29, 1.82) is 0 Å². The summed E-state index contributed by atoms with van der Waals surface area (Å²) in [5, 5.41) is 17.1. The molecule has 0 unspecified atom stereocenters. The molecule has 0 saturated heterocycles. The number of hydrogen-bond donors (Lipinski definition) is 2. The molecule has 3 aromatic rings. The molecule has 0 radical (unpaired) electrons. The summed E-state index contributed by atoms with van der Waals surface area (Å²) in [5.41, 5.74) is 2.24. The average Bonchev–Trinajstić information content (AvgIpc) is 3.08. The summed E-state index contributed by atoms with van der Waals surface area (Å²) in [5.74, 6) is 0.477. The van der Waals surface area contributed by atoms with E-state index in [1.165, 1.54) is 13.2 Å². The second kappa shape index (κ2) is 7.18. The number of carbonyl (C=O) groups is 1. The first-order chi connectivity index (χ1) is 12.6. The van der Waals surface area contributed by atoms with Crippen molar-refractivity contribution in [3.63, 3.8) is 0 Å². The van der Waals surface area contributed by atoms with Gasteiger partial charge in [-0.25, -0.2) is 4.79 Å². The molecular formula is C19H18N2O5. The van der Waals surface area contributed by atoms with E-state index in [0.717, 1.165) is 5.56 Å². The van der Waals surface area contributed by atoms with E-state index in [-0.39, 0.29) is 11.3 Å². The molecule has 3 rings (SSSR count). The van der Waals surface area contributed by atoms with Crippen LogP contribution in [0.15, 0.2) is 30.3 Å². The first-order valence-corrected chi connectivity index (χ1v) is 7.77. The van der Waals surface area contributed by atoms with Crippen molar-refractivity contribution >= 4 is 29.0 Å². The zero-order valence-corrected chi connectivity index (χ0v) is 14.6. The van der Waals surface area contributed by atoms with Crippen molar-refractivity contribution in [1.82, 2.24) is 10.2 Å². The Bertz CT molecular complexity index is 991. The fourth-order valence-corrected chi connectivity index (χ4v) is 2.74. The third kappa shape index (κ3) is 3.06. The van der Waals surface area contributed by atoms with Gasteiger partial charge in [0.15, 0.2) is 11.5 Å². The number of methoxy groups -OCH3 is 3. The minimum absolute atomic E-state index is 0.0853. The number of hydrogen-bond acceptors (Lipinski definition) is 5. The first-order valence-electron chi connectivity index (χ1n) is 7.77. The molecular weight excluding hydrogens is 336 g/mol. The third-order valence-corrected chi connectivity index (χ3v) is 3.99. The molecule has 0 fully saturated rings. The molecule has 2 N–H and O–H groups in total. The monoisotopic (exact) mass is 354 g/mol. The Kier molecular flexibility index (Phi) is 4.79.